The smallest absolute Gasteiger partial charge is 0.197 e. The molecule has 1 heterocycles. The van der Waals surface area contributed by atoms with Gasteiger partial charge in [0, 0.05) is 13.1 Å². The molecule has 15 heavy (non-hydrogen) atoms. The summed E-state index contributed by atoms with van der Waals surface area (Å²) in [5.74, 6) is 1.21. The normalized spacial score (nSPS) is 10.3. The lowest BCUT2D eigenvalue weighted by Gasteiger charge is -2.21. The van der Waals surface area contributed by atoms with Gasteiger partial charge in [-0.1, -0.05) is 13.3 Å². The number of nitrogen functional groups attached to an aromatic ring is 1. The van der Waals surface area contributed by atoms with Gasteiger partial charge in [0.05, 0.1) is 7.11 Å². The first kappa shape index (κ1) is 12.1. The van der Waals surface area contributed by atoms with Gasteiger partial charge in [0.15, 0.2) is 16.6 Å². The molecule has 4 nitrogen and oxygen atoms in total. The summed E-state index contributed by atoms with van der Waals surface area (Å²) < 4.78 is 9.38. The lowest BCUT2D eigenvalue weighted by Crippen LogP contribution is -2.23. The molecule has 2 N–H and O–H groups in total. The quantitative estimate of drug-likeness (QED) is 0.813. The van der Waals surface area contributed by atoms with Crippen LogP contribution in [0.5, 0.6) is 5.75 Å². The number of hydrogen-bond donors (Lipinski definition) is 1. The number of anilines is 2. The maximum Gasteiger partial charge on any atom is 0.197 e. The topological polar surface area (TPSA) is 51.4 Å². The number of methoxy groups -OCH3 is 1. The van der Waals surface area contributed by atoms with Crippen molar-refractivity contribution < 1.29 is 4.74 Å². The van der Waals surface area contributed by atoms with Crippen molar-refractivity contribution in [3.63, 3.8) is 0 Å². The fraction of sp³-hybridized carbons (Fsp3) is 0.700. The number of hydrogen-bond acceptors (Lipinski definition) is 5. The first-order chi connectivity index (χ1) is 7.24. The number of ether oxygens (including phenoxy) is 1. The Kier molecular flexibility index (Phi) is 4.68. The molecule has 1 rings (SSSR count). The van der Waals surface area contributed by atoms with Crippen molar-refractivity contribution >= 4 is 22.4 Å². The third-order valence-electron chi connectivity index (χ3n) is 2.31. The van der Waals surface area contributed by atoms with Gasteiger partial charge in [0.1, 0.15) is 0 Å². The third-order valence-corrected chi connectivity index (χ3v) is 3.22. The van der Waals surface area contributed by atoms with E-state index in [2.05, 4.69) is 23.1 Å². The van der Waals surface area contributed by atoms with Crippen molar-refractivity contribution in [2.45, 2.75) is 26.7 Å². The zero-order chi connectivity index (χ0) is 11.3. The van der Waals surface area contributed by atoms with Gasteiger partial charge in [-0.2, -0.15) is 4.37 Å². The zero-order valence-electron chi connectivity index (χ0n) is 9.62. The molecule has 1 aromatic rings. The fourth-order valence-corrected chi connectivity index (χ4v) is 2.30. The van der Waals surface area contributed by atoms with Crippen molar-refractivity contribution in [3.05, 3.63) is 0 Å². The number of nitrogens with zero attached hydrogens (tertiary/aromatic N) is 2. The lowest BCUT2D eigenvalue weighted by atomic mass is 10.3. The van der Waals surface area contributed by atoms with E-state index < -0.39 is 0 Å². The van der Waals surface area contributed by atoms with Gasteiger partial charge in [-0.3, -0.25) is 0 Å². The van der Waals surface area contributed by atoms with Crippen molar-refractivity contribution in [1.82, 2.24) is 4.37 Å². The van der Waals surface area contributed by atoms with E-state index in [1.807, 2.05) is 0 Å². The molecule has 0 bridgehead atoms. The summed E-state index contributed by atoms with van der Waals surface area (Å²) in [7, 11) is 1.64. The summed E-state index contributed by atoms with van der Waals surface area (Å²) >= 11 is 1.41. The molecule has 0 aliphatic carbocycles. The van der Waals surface area contributed by atoms with Crippen molar-refractivity contribution in [2.24, 2.45) is 0 Å². The molecule has 0 spiro atoms. The first-order valence-electron chi connectivity index (χ1n) is 5.28. The molecule has 0 saturated carbocycles. The average Bonchev–Trinajstić information content (AvgIpc) is 2.61. The minimum absolute atomic E-state index is 0.493. The predicted molar refractivity (Wildman–Crippen MR) is 65.9 cm³/mol. The molecular formula is C10H19N3OS. The number of nitrogens with two attached hydrogens (primary N) is 1. The fourth-order valence-electron chi connectivity index (χ4n) is 1.43. The minimum atomic E-state index is 0.493. The first-order valence-corrected chi connectivity index (χ1v) is 6.06. The zero-order valence-corrected chi connectivity index (χ0v) is 10.4. The second-order valence-corrected chi connectivity index (χ2v) is 4.09. The highest BCUT2D eigenvalue weighted by Crippen LogP contribution is 2.37. The van der Waals surface area contributed by atoms with Crippen molar-refractivity contribution in [3.8, 4) is 5.75 Å². The van der Waals surface area contributed by atoms with E-state index in [0.29, 0.717) is 5.82 Å². The summed E-state index contributed by atoms with van der Waals surface area (Å²) in [4.78, 5) is 2.26. The molecule has 0 aliphatic rings. The molecule has 0 amide bonds. The van der Waals surface area contributed by atoms with Crippen LogP contribution in [0.2, 0.25) is 0 Å². The Balaban J connectivity index is 2.81. The van der Waals surface area contributed by atoms with Gasteiger partial charge < -0.3 is 15.4 Å². The molecule has 0 fully saturated rings. The molecule has 0 radical (unpaired) electrons. The Morgan fingerprint density at radius 2 is 2.20 bits per heavy atom. The van der Waals surface area contributed by atoms with Gasteiger partial charge in [0.25, 0.3) is 0 Å². The Labute approximate surface area is 95.2 Å². The Hall–Kier alpha value is -0.970. The van der Waals surface area contributed by atoms with E-state index in [1.54, 1.807) is 7.11 Å². The summed E-state index contributed by atoms with van der Waals surface area (Å²) in [6.45, 7) is 6.31. The Morgan fingerprint density at radius 1 is 1.47 bits per heavy atom. The molecule has 0 aromatic carbocycles. The molecule has 1 aromatic heterocycles. The van der Waals surface area contributed by atoms with Crippen LogP contribution >= 0.6 is 11.5 Å². The molecule has 86 valence electrons. The van der Waals surface area contributed by atoms with Crippen LogP contribution in [0.3, 0.4) is 0 Å². The van der Waals surface area contributed by atoms with Crippen LogP contribution in [0.4, 0.5) is 10.8 Å². The summed E-state index contributed by atoms with van der Waals surface area (Å²) in [6, 6.07) is 0. The van der Waals surface area contributed by atoms with Crippen molar-refractivity contribution in [2.75, 3.05) is 30.8 Å². The van der Waals surface area contributed by atoms with Crippen LogP contribution in [0.15, 0.2) is 0 Å². The van der Waals surface area contributed by atoms with Crippen LogP contribution in [0.25, 0.3) is 0 Å². The SMILES string of the molecule is CCCCN(CC)c1snc(N)c1OC. The summed E-state index contributed by atoms with van der Waals surface area (Å²) in [5.41, 5.74) is 5.72. The van der Waals surface area contributed by atoms with Crippen LogP contribution in [0, 0.1) is 0 Å². The third kappa shape index (κ3) is 2.75. The van der Waals surface area contributed by atoms with E-state index >= 15 is 0 Å². The van der Waals surface area contributed by atoms with E-state index in [4.69, 9.17) is 10.5 Å². The number of rotatable bonds is 6. The summed E-state index contributed by atoms with van der Waals surface area (Å²) in [6.07, 6.45) is 2.36. The van der Waals surface area contributed by atoms with Gasteiger partial charge in [-0.25, -0.2) is 0 Å². The van der Waals surface area contributed by atoms with Gasteiger partial charge in [-0.15, -0.1) is 0 Å². The maximum absolute atomic E-state index is 5.72. The minimum Gasteiger partial charge on any atom is -0.490 e. The molecule has 0 unspecified atom stereocenters. The van der Waals surface area contributed by atoms with Gasteiger partial charge in [0.2, 0.25) is 0 Å². The molecule has 0 saturated heterocycles. The van der Waals surface area contributed by atoms with E-state index in [-0.39, 0.29) is 0 Å². The summed E-state index contributed by atoms with van der Waals surface area (Å²) in [5, 5.41) is 1.05. The van der Waals surface area contributed by atoms with Crippen LogP contribution in [-0.4, -0.2) is 24.6 Å². The highest BCUT2D eigenvalue weighted by atomic mass is 32.1. The molecule has 0 aliphatic heterocycles. The number of unbranched alkanes of at least 4 members (excludes halogenated alkanes) is 1. The maximum atomic E-state index is 5.72. The molecule has 0 atom stereocenters. The highest BCUT2D eigenvalue weighted by Gasteiger charge is 2.16. The highest BCUT2D eigenvalue weighted by molar-refractivity contribution is 7.11. The second-order valence-electron chi connectivity index (χ2n) is 3.34. The number of aromatic nitrogens is 1. The Bertz CT molecular complexity index is 301. The average molecular weight is 229 g/mol. The Morgan fingerprint density at radius 3 is 2.73 bits per heavy atom. The van der Waals surface area contributed by atoms with Crippen LogP contribution in [-0.2, 0) is 0 Å². The largest absolute Gasteiger partial charge is 0.490 e. The van der Waals surface area contributed by atoms with E-state index in [0.717, 1.165) is 23.8 Å². The van der Waals surface area contributed by atoms with Gasteiger partial charge >= 0.3 is 0 Å². The molecular weight excluding hydrogens is 210 g/mol. The predicted octanol–water partition coefficient (Wildman–Crippen LogP) is 2.36. The van der Waals surface area contributed by atoms with Crippen molar-refractivity contribution in [1.29, 1.82) is 0 Å². The monoisotopic (exact) mass is 229 g/mol. The van der Waals surface area contributed by atoms with Crippen LogP contribution in [0.1, 0.15) is 26.7 Å². The van der Waals surface area contributed by atoms with E-state index in [1.165, 1.54) is 24.4 Å². The molecule has 5 heteroatoms. The van der Waals surface area contributed by atoms with E-state index in [9.17, 15) is 0 Å². The second kappa shape index (κ2) is 5.80. The van der Waals surface area contributed by atoms with Crippen LogP contribution < -0.4 is 15.4 Å². The van der Waals surface area contributed by atoms with Gasteiger partial charge in [-0.05, 0) is 24.9 Å². The standard InChI is InChI=1S/C10H19N3OS/c1-4-6-7-13(5-2)10-8(14-3)9(11)12-15-10/h4-7H2,1-3H3,(H2,11,12). The lowest BCUT2D eigenvalue weighted by molar-refractivity contribution is 0.417.